The molecular formula is C16H20N2S. The van der Waals surface area contributed by atoms with Crippen LogP contribution in [-0.4, -0.2) is 4.98 Å². The number of rotatable bonds is 1. The predicted octanol–water partition coefficient (Wildman–Crippen LogP) is 4.29. The molecule has 3 heteroatoms. The number of aromatic nitrogens is 1. The third kappa shape index (κ3) is 1.51. The van der Waals surface area contributed by atoms with E-state index in [1.807, 2.05) is 0 Å². The fourth-order valence-corrected chi connectivity index (χ4v) is 4.48. The third-order valence-electron chi connectivity index (χ3n) is 4.83. The van der Waals surface area contributed by atoms with Crippen molar-refractivity contribution >= 4 is 27.2 Å². The van der Waals surface area contributed by atoms with Gasteiger partial charge < -0.3 is 5.73 Å². The van der Waals surface area contributed by atoms with E-state index in [-0.39, 0.29) is 5.41 Å². The number of fused-ring (bicyclic) bond motifs is 2. The van der Waals surface area contributed by atoms with Gasteiger partial charge >= 0.3 is 0 Å². The summed E-state index contributed by atoms with van der Waals surface area (Å²) in [6, 6.07) is 0. The molecule has 4 rings (SSSR count). The van der Waals surface area contributed by atoms with Crippen molar-refractivity contribution in [2.75, 3.05) is 5.73 Å². The highest BCUT2D eigenvalue weighted by Gasteiger charge is 2.39. The Hall–Kier alpha value is -1.09. The first-order valence-electron chi connectivity index (χ1n) is 7.21. The first kappa shape index (κ1) is 11.7. The van der Waals surface area contributed by atoms with Gasteiger partial charge in [0, 0.05) is 15.7 Å². The lowest BCUT2D eigenvalue weighted by Gasteiger charge is -2.18. The number of anilines is 1. The van der Waals surface area contributed by atoms with E-state index in [2.05, 4.69) is 20.8 Å². The Morgan fingerprint density at radius 1 is 1.32 bits per heavy atom. The van der Waals surface area contributed by atoms with E-state index in [1.54, 1.807) is 16.9 Å². The first-order chi connectivity index (χ1) is 8.99. The third-order valence-corrected chi connectivity index (χ3v) is 5.85. The molecule has 0 amide bonds. The van der Waals surface area contributed by atoms with E-state index in [1.165, 1.54) is 52.0 Å². The van der Waals surface area contributed by atoms with Crippen LogP contribution >= 0.6 is 11.3 Å². The molecular weight excluding hydrogens is 252 g/mol. The standard InChI is InChI=1S/C16H20N2S/c1-8-13(17)12-11(9-4-5-9)10-6-7-16(2,3)14(10)18-15(12)19-8/h9H,4-7,17H2,1-3H3. The fourth-order valence-electron chi connectivity index (χ4n) is 3.52. The largest absolute Gasteiger partial charge is 0.397 e. The van der Waals surface area contributed by atoms with Gasteiger partial charge in [-0.05, 0) is 49.7 Å². The molecule has 0 spiro atoms. The molecule has 0 bridgehead atoms. The van der Waals surface area contributed by atoms with Crippen LogP contribution in [0.3, 0.4) is 0 Å². The first-order valence-corrected chi connectivity index (χ1v) is 8.02. The van der Waals surface area contributed by atoms with Crippen LogP contribution in [-0.2, 0) is 11.8 Å². The minimum Gasteiger partial charge on any atom is -0.397 e. The zero-order chi connectivity index (χ0) is 13.4. The lowest BCUT2D eigenvalue weighted by molar-refractivity contribution is 0.511. The van der Waals surface area contributed by atoms with Gasteiger partial charge in [-0.1, -0.05) is 13.8 Å². The smallest absolute Gasteiger partial charge is 0.126 e. The molecule has 0 radical (unpaired) electrons. The number of nitrogen functional groups attached to an aromatic ring is 1. The Bertz CT molecular complexity index is 693. The van der Waals surface area contributed by atoms with Crippen molar-refractivity contribution in [3.8, 4) is 0 Å². The average molecular weight is 272 g/mol. The Labute approximate surface area is 118 Å². The minimum absolute atomic E-state index is 0.236. The van der Waals surface area contributed by atoms with E-state index in [0.29, 0.717) is 0 Å². The van der Waals surface area contributed by atoms with Crippen molar-refractivity contribution in [2.45, 2.75) is 57.8 Å². The number of aryl methyl sites for hydroxylation is 1. The highest BCUT2D eigenvalue weighted by molar-refractivity contribution is 7.19. The second-order valence-corrected chi connectivity index (χ2v) is 7.97. The van der Waals surface area contributed by atoms with Crippen LogP contribution in [0.5, 0.6) is 0 Å². The zero-order valence-electron chi connectivity index (χ0n) is 11.8. The Morgan fingerprint density at radius 3 is 2.74 bits per heavy atom. The maximum Gasteiger partial charge on any atom is 0.126 e. The summed E-state index contributed by atoms with van der Waals surface area (Å²) >= 11 is 1.77. The van der Waals surface area contributed by atoms with Gasteiger partial charge in [-0.15, -0.1) is 11.3 Å². The van der Waals surface area contributed by atoms with Crippen LogP contribution in [0.15, 0.2) is 0 Å². The van der Waals surface area contributed by atoms with Gasteiger partial charge in [-0.3, -0.25) is 0 Å². The molecule has 1 saturated carbocycles. The molecule has 2 nitrogen and oxygen atoms in total. The second-order valence-electron chi connectivity index (χ2n) is 6.76. The quantitative estimate of drug-likeness (QED) is 0.841. The van der Waals surface area contributed by atoms with Gasteiger partial charge in [-0.2, -0.15) is 0 Å². The molecule has 0 atom stereocenters. The highest BCUT2D eigenvalue weighted by atomic mass is 32.1. The van der Waals surface area contributed by atoms with E-state index in [4.69, 9.17) is 10.7 Å². The maximum atomic E-state index is 6.34. The van der Waals surface area contributed by atoms with Crippen LogP contribution in [0.1, 0.15) is 60.7 Å². The summed E-state index contributed by atoms with van der Waals surface area (Å²) in [5.74, 6) is 0.754. The van der Waals surface area contributed by atoms with Crippen LogP contribution < -0.4 is 5.73 Å². The number of nitrogens with two attached hydrogens (primary N) is 1. The summed E-state index contributed by atoms with van der Waals surface area (Å²) in [4.78, 5) is 7.40. The second kappa shape index (κ2) is 3.51. The van der Waals surface area contributed by atoms with Crippen molar-refractivity contribution in [1.29, 1.82) is 0 Å². The lowest BCUT2D eigenvalue weighted by Crippen LogP contribution is -2.14. The zero-order valence-corrected chi connectivity index (χ0v) is 12.7. The molecule has 0 aromatic carbocycles. The summed E-state index contributed by atoms with van der Waals surface area (Å²) < 4.78 is 0. The van der Waals surface area contributed by atoms with Crippen LogP contribution in [0, 0.1) is 6.92 Å². The molecule has 2 aromatic rings. The van der Waals surface area contributed by atoms with Gasteiger partial charge in [0.15, 0.2) is 0 Å². The Kier molecular flexibility index (Phi) is 2.17. The molecule has 0 unspecified atom stereocenters. The molecule has 100 valence electrons. The average Bonchev–Trinajstić information content (AvgIpc) is 3.09. The van der Waals surface area contributed by atoms with Crippen LogP contribution in [0.2, 0.25) is 0 Å². The van der Waals surface area contributed by atoms with Crippen LogP contribution in [0.4, 0.5) is 5.69 Å². The SMILES string of the molecule is Cc1sc2nc3c(c(C4CC4)c2c1N)CCC3(C)C. The van der Waals surface area contributed by atoms with Crippen molar-refractivity contribution in [3.63, 3.8) is 0 Å². The van der Waals surface area contributed by atoms with Gasteiger partial charge in [0.2, 0.25) is 0 Å². The summed E-state index contributed by atoms with van der Waals surface area (Å²) in [7, 11) is 0. The van der Waals surface area contributed by atoms with E-state index < -0.39 is 0 Å². The number of nitrogens with zero attached hydrogens (tertiary/aromatic N) is 1. The van der Waals surface area contributed by atoms with Gasteiger partial charge in [0.25, 0.3) is 0 Å². The summed E-state index contributed by atoms with van der Waals surface area (Å²) in [6.45, 7) is 6.78. The summed E-state index contributed by atoms with van der Waals surface area (Å²) in [6.07, 6.45) is 5.08. The maximum absolute atomic E-state index is 6.34. The molecule has 1 fully saturated rings. The highest BCUT2D eigenvalue weighted by Crippen LogP contribution is 2.52. The number of hydrogen-bond acceptors (Lipinski definition) is 3. The van der Waals surface area contributed by atoms with Crippen molar-refractivity contribution < 1.29 is 0 Å². The topological polar surface area (TPSA) is 38.9 Å². The molecule has 0 aliphatic heterocycles. The van der Waals surface area contributed by atoms with Gasteiger partial charge in [0.1, 0.15) is 4.83 Å². The minimum atomic E-state index is 0.236. The number of hydrogen-bond donors (Lipinski definition) is 1. The lowest BCUT2D eigenvalue weighted by atomic mass is 9.89. The van der Waals surface area contributed by atoms with E-state index >= 15 is 0 Å². The Balaban J connectivity index is 2.13. The molecule has 0 saturated heterocycles. The van der Waals surface area contributed by atoms with Crippen molar-refractivity contribution in [1.82, 2.24) is 4.98 Å². The van der Waals surface area contributed by atoms with Crippen molar-refractivity contribution in [2.24, 2.45) is 0 Å². The molecule has 2 heterocycles. The Morgan fingerprint density at radius 2 is 2.05 bits per heavy atom. The normalized spacial score (nSPS) is 21.0. The van der Waals surface area contributed by atoms with E-state index in [0.717, 1.165) is 11.6 Å². The predicted molar refractivity (Wildman–Crippen MR) is 82.1 cm³/mol. The molecule has 2 aromatic heterocycles. The number of thiophene rings is 1. The van der Waals surface area contributed by atoms with E-state index in [9.17, 15) is 0 Å². The molecule has 2 aliphatic rings. The monoisotopic (exact) mass is 272 g/mol. The van der Waals surface area contributed by atoms with Crippen LogP contribution in [0.25, 0.3) is 10.2 Å². The molecule has 2 N–H and O–H groups in total. The fraction of sp³-hybridized carbons (Fsp3) is 0.562. The summed E-state index contributed by atoms with van der Waals surface area (Å²) in [5.41, 5.74) is 12.0. The molecule has 19 heavy (non-hydrogen) atoms. The van der Waals surface area contributed by atoms with Crippen molar-refractivity contribution in [3.05, 3.63) is 21.7 Å². The number of pyridine rings is 1. The molecule has 2 aliphatic carbocycles. The summed E-state index contributed by atoms with van der Waals surface area (Å²) in [5, 5.41) is 1.29. The van der Waals surface area contributed by atoms with Gasteiger partial charge in [-0.25, -0.2) is 4.98 Å². The van der Waals surface area contributed by atoms with Gasteiger partial charge in [0.05, 0.1) is 11.4 Å².